The van der Waals surface area contributed by atoms with Crippen molar-refractivity contribution in [2.24, 2.45) is 5.73 Å². The molecule has 0 aliphatic carbocycles. The van der Waals surface area contributed by atoms with Gasteiger partial charge in [-0.2, -0.15) is 4.31 Å². The van der Waals surface area contributed by atoms with Gasteiger partial charge in [-0.05, 0) is 44.9 Å². The van der Waals surface area contributed by atoms with Crippen molar-refractivity contribution in [3.63, 3.8) is 0 Å². The number of piperidine rings is 1. The van der Waals surface area contributed by atoms with E-state index in [9.17, 15) is 13.5 Å². The summed E-state index contributed by atoms with van der Waals surface area (Å²) in [6.45, 7) is 2.84. The summed E-state index contributed by atoms with van der Waals surface area (Å²) in [4.78, 5) is 0.977. The van der Waals surface area contributed by atoms with Gasteiger partial charge in [0.25, 0.3) is 10.0 Å². The van der Waals surface area contributed by atoms with Crippen molar-refractivity contribution in [2.45, 2.75) is 36.0 Å². The second kappa shape index (κ2) is 5.49. The van der Waals surface area contributed by atoms with Gasteiger partial charge in [-0.3, -0.25) is 0 Å². The molecule has 1 aliphatic rings. The van der Waals surface area contributed by atoms with Crippen LogP contribution in [0.2, 0.25) is 0 Å². The lowest BCUT2D eigenvalue weighted by Gasteiger charge is -2.35. The predicted octanol–water partition coefficient (Wildman–Crippen LogP) is 0.785. The van der Waals surface area contributed by atoms with Crippen molar-refractivity contribution < 1.29 is 13.5 Å². The Morgan fingerprint density at radius 1 is 1.53 bits per heavy atom. The maximum Gasteiger partial charge on any atom is 0.252 e. The molecule has 0 amide bonds. The lowest BCUT2D eigenvalue weighted by atomic mass is 9.97. The smallest absolute Gasteiger partial charge is 0.252 e. The highest BCUT2D eigenvalue weighted by Crippen LogP contribution is 2.29. The number of thiophene rings is 1. The highest BCUT2D eigenvalue weighted by atomic mass is 32.2. The first-order valence-electron chi connectivity index (χ1n) is 6.36. The SMILES string of the molecule is CC1(O)CCCN(S(=O)(=O)c2ccc(CCN)s2)C1. The summed E-state index contributed by atoms with van der Waals surface area (Å²) in [7, 11) is -3.48. The molecule has 1 aromatic rings. The van der Waals surface area contributed by atoms with Gasteiger partial charge in [0.15, 0.2) is 0 Å². The van der Waals surface area contributed by atoms with Gasteiger partial charge in [0.1, 0.15) is 4.21 Å². The van der Waals surface area contributed by atoms with E-state index < -0.39 is 15.6 Å². The number of nitrogens with zero attached hydrogens (tertiary/aromatic N) is 1. The number of β-amino-alcohol motifs (C(OH)–C–C–N with tert-alkyl or cyclic N) is 1. The molecule has 108 valence electrons. The highest BCUT2D eigenvalue weighted by Gasteiger charge is 2.36. The zero-order valence-electron chi connectivity index (χ0n) is 11.0. The maximum atomic E-state index is 12.5. The highest BCUT2D eigenvalue weighted by molar-refractivity contribution is 7.91. The van der Waals surface area contributed by atoms with Crippen molar-refractivity contribution in [1.29, 1.82) is 0 Å². The van der Waals surface area contributed by atoms with Gasteiger partial charge in [0.2, 0.25) is 0 Å². The number of rotatable bonds is 4. The van der Waals surface area contributed by atoms with Crippen molar-refractivity contribution in [3.05, 3.63) is 17.0 Å². The van der Waals surface area contributed by atoms with Gasteiger partial charge in [-0.25, -0.2) is 8.42 Å². The Labute approximate surface area is 118 Å². The van der Waals surface area contributed by atoms with E-state index in [0.717, 1.165) is 4.88 Å². The molecule has 1 saturated heterocycles. The molecule has 0 radical (unpaired) electrons. The van der Waals surface area contributed by atoms with Crippen LogP contribution in [-0.2, 0) is 16.4 Å². The topological polar surface area (TPSA) is 83.6 Å². The summed E-state index contributed by atoms with van der Waals surface area (Å²) in [6, 6.07) is 3.45. The van der Waals surface area contributed by atoms with E-state index in [4.69, 9.17) is 5.73 Å². The zero-order valence-corrected chi connectivity index (χ0v) is 12.6. The second-order valence-electron chi connectivity index (χ2n) is 5.20. The minimum Gasteiger partial charge on any atom is -0.389 e. The first kappa shape index (κ1) is 14.9. The lowest BCUT2D eigenvalue weighted by molar-refractivity contribution is 0.00945. The van der Waals surface area contributed by atoms with Crippen LogP contribution in [-0.4, -0.2) is 43.1 Å². The normalized spacial score (nSPS) is 25.6. The lowest BCUT2D eigenvalue weighted by Crippen LogP contribution is -2.48. The first-order valence-corrected chi connectivity index (χ1v) is 8.62. The predicted molar refractivity (Wildman–Crippen MR) is 75.7 cm³/mol. The van der Waals surface area contributed by atoms with Crippen molar-refractivity contribution >= 4 is 21.4 Å². The van der Waals surface area contributed by atoms with E-state index in [-0.39, 0.29) is 6.54 Å². The Balaban J connectivity index is 2.21. The maximum absolute atomic E-state index is 12.5. The summed E-state index contributed by atoms with van der Waals surface area (Å²) >= 11 is 1.27. The van der Waals surface area contributed by atoms with Crippen LogP contribution in [0, 0.1) is 0 Å². The largest absolute Gasteiger partial charge is 0.389 e. The minimum atomic E-state index is -3.48. The van der Waals surface area contributed by atoms with Gasteiger partial charge in [-0.15, -0.1) is 11.3 Å². The molecule has 0 aromatic carbocycles. The van der Waals surface area contributed by atoms with Crippen molar-refractivity contribution in [2.75, 3.05) is 19.6 Å². The van der Waals surface area contributed by atoms with Gasteiger partial charge in [0.05, 0.1) is 5.60 Å². The summed E-state index contributed by atoms with van der Waals surface area (Å²) in [6.07, 6.45) is 2.02. The monoisotopic (exact) mass is 304 g/mol. The average Bonchev–Trinajstić information content (AvgIpc) is 2.77. The van der Waals surface area contributed by atoms with E-state index in [1.54, 1.807) is 13.0 Å². The quantitative estimate of drug-likeness (QED) is 0.861. The van der Waals surface area contributed by atoms with Crippen LogP contribution in [0.4, 0.5) is 0 Å². The molecule has 0 bridgehead atoms. The number of sulfonamides is 1. The fourth-order valence-electron chi connectivity index (χ4n) is 2.28. The summed E-state index contributed by atoms with van der Waals surface area (Å²) < 4.78 is 26.7. The van der Waals surface area contributed by atoms with Crippen LogP contribution >= 0.6 is 11.3 Å². The molecule has 1 unspecified atom stereocenters. The Kier molecular flexibility index (Phi) is 4.32. The average molecular weight is 304 g/mol. The number of hydrogen-bond donors (Lipinski definition) is 2. The molecule has 3 N–H and O–H groups in total. The van der Waals surface area contributed by atoms with E-state index in [2.05, 4.69) is 0 Å². The fourth-order valence-corrected chi connectivity index (χ4v) is 5.40. The van der Waals surface area contributed by atoms with Crippen LogP contribution in [0.3, 0.4) is 0 Å². The Hall–Kier alpha value is -0.470. The number of aliphatic hydroxyl groups is 1. The standard InChI is InChI=1S/C12H20N2O3S2/c1-12(15)6-2-8-14(9-12)19(16,17)11-4-3-10(18-11)5-7-13/h3-4,15H,2,5-9,13H2,1H3. The van der Waals surface area contributed by atoms with Crippen LogP contribution in [0.1, 0.15) is 24.6 Å². The van der Waals surface area contributed by atoms with Crippen LogP contribution in [0.5, 0.6) is 0 Å². The molecule has 2 rings (SSSR count). The zero-order chi connectivity index (χ0) is 14.1. The number of nitrogens with two attached hydrogens (primary N) is 1. The number of hydrogen-bond acceptors (Lipinski definition) is 5. The van der Waals surface area contributed by atoms with Gasteiger partial charge in [0, 0.05) is 18.0 Å². The molecule has 5 nitrogen and oxygen atoms in total. The summed E-state index contributed by atoms with van der Waals surface area (Å²) in [5, 5.41) is 10.0. The second-order valence-corrected chi connectivity index (χ2v) is 8.53. The molecular weight excluding hydrogens is 284 g/mol. The first-order chi connectivity index (χ1) is 8.85. The van der Waals surface area contributed by atoms with Crippen LogP contribution in [0.25, 0.3) is 0 Å². The fraction of sp³-hybridized carbons (Fsp3) is 0.667. The third-order valence-corrected chi connectivity index (χ3v) is 6.72. The molecule has 1 aliphatic heterocycles. The third-order valence-electron chi connectivity index (χ3n) is 3.26. The van der Waals surface area contributed by atoms with E-state index in [1.807, 2.05) is 6.07 Å². The molecular formula is C12H20N2O3S2. The third kappa shape index (κ3) is 3.35. The molecule has 1 fully saturated rings. The van der Waals surface area contributed by atoms with Gasteiger partial charge in [-0.1, -0.05) is 0 Å². The Bertz CT molecular complexity index is 537. The Morgan fingerprint density at radius 3 is 2.89 bits per heavy atom. The molecule has 0 saturated carbocycles. The molecule has 7 heteroatoms. The van der Waals surface area contributed by atoms with Crippen LogP contribution < -0.4 is 5.73 Å². The molecule has 2 heterocycles. The summed E-state index contributed by atoms with van der Waals surface area (Å²) in [5.74, 6) is 0. The Morgan fingerprint density at radius 2 is 2.26 bits per heavy atom. The van der Waals surface area contributed by atoms with E-state index in [1.165, 1.54) is 15.6 Å². The van der Waals surface area contributed by atoms with Crippen LogP contribution in [0.15, 0.2) is 16.3 Å². The molecule has 19 heavy (non-hydrogen) atoms. The van der Waals surface area contributed by atoms with Crippen molar-refractivity contribution in [1.82, 2.24) is 4.31 Å². The van der Waals surface area contributed by atoms with Gasteiger partial charge >= 0.3 is 0 Å². The molecule has 0 spiro atoms. The van der Waals surface area contributed by atoms with E-state index >= 15 is 0 Å². The molecule has 1 aromatic heterocycles. The van der Waals surface area contributed by atoms with E-state index in [0.29, 0.717) is 36.6 Å². The molecule has 1 atom stereocenters. The van der Waals surface area contributed by atoms with Gasteiger partial charge < -0.3 is 10.8 Å². The van der Waals surface area contributed by atoms with Crippen molar-refractivity contribution in [3.8, 4) is 0 Å². The summed E-state index contributed by atoms with van der Waals surface area (Å²) in [5.41, 5.74) is 4.54. The minimum absolute atomic E-state index is 0.166.